The molecular weight excluding hydrogens is 130 g/mol. The van der Waals surface area contributed by atoms with Crippen LogP contribution in [0.5, 0.6) is 5.75 Å². The molecule has 0 unspecified atom stereocenters. The molecule has 0 saturated carbocycles. The molecule has 0 amide bonds. The van der Waals surface area contributed by atoms with Gasteiger partial charge in [0.15, 0.2) is 0 Å². The summed E-state index contributed by atoms with van der Waals surface area (Å²) in [6.45, 7) is 3.64. The van der Waals surface area contributed by atoms with Gasteiger partial charge in [-0.1, -0.05) is 11.8 Å². The van der Waals surface area contributed by atoms with Gasteiger partial charge in [-0.25, -0.2) is 4.52 Å². The smallest absolute Gasteiger partial charge is 0.145 e. The van der Waals surface area contributed by atoms with Crippen LogP contribution in [0.3, 0.4) is 0 Å². The fourth-order valence-electron chi connectivity index (χ4n) is 0.915. The first-order valence-electron chi connectivity index (χ1n) is 2.80. The molecule has 0 aliphatic heterocycles. The minimum absolute atomic E-state index is 0.176. The lowest BCUT2D eigenvalue weighted by Crippen LogP contribution is -2.05. The fourth-order valence-corrected chi connectivity index (χ4v) is 0.915. The number of fused-ring (bicyclic) bond motifs is 1. The lowest BCUT2D eigenvalue weighted by Gasteiger charge is -1.77. The van der Waals surface area contributed by atoms with E-state index < -0.39 is 0 Å². The molecule has 0 atom stereocenters. The van der Waals surface area contributed by atoms with Gasteiger partial charge in [0.05, 0.1) is 11.5 Å². The predicted molar refractivity (Wildman–Crippen MR) is 35.4 cm³/mol. The van der Waals surface area contributed by atoms with E-state index in [9.17, 15) is 0 Å². The Balaban J connectivity index is 3.12. The van der Waals surface area contributed by atoms with Crippen LogP contribution in [0.2, 0.25) is 0 Å². The van der Waals surface area contributed by atoms with Crippen LogP contribution >= 0.6 is 0 Å². The van der Waals surface area contributed by atoms with Gasteiger partial charge < -0.3 is 5.11 Å². The molecular formula is C6H5N3O. The van der Waals surface area contributed by atoms with Gasteiger partial charge in [-0.15, -0.1) is 5.10 Å². The highest BCUT2D eigenvalue weighted by atomic mass is 16.3. The Morgan fingerprint density at radius 2 is 2.40 bits per heavy atom. The fraction of sp³-hybridized carbons (Fsp3) is 0. The van der Waals surface area contributed by atoms with E-state index in [4.69, 9.17) is 5.11 Å². The second-order valence-corrected chi connectivity index (χ2v) is 2.05. The zero-order valence-electron chi connectivity index (χ0n) is 5.15. The number of nitrogens with zero attached hydrogens (tertiary/aromatic N) is 3. The summed E-state index contributed by atoms with van der Waals surface area (Å²) in [5.41, 5.74) is 0.602. The standard InChI is InChI=1S/C6H5N3O/c1-4-2-6(10)5-3-7-8-9(4)5/h2-3,10H,1H2. The summed E-state index contributed by atoms with van der Waals surface area (Å²) in [4.78, 5) is 0. The summed E-state index contributed by atoms with van der Waals surface area (Å²) in [6, 6.07) is 1.55. The van der Waals surface area contributed by atoms with E-state index in [1.54, 1.807) is 6.07 Å². The highest BCUT2D eigenvalue weighted by Gasteiger charge is 2.02. The van der Waals surface area contributed by atoms with Crippen LogP contribution in [0.4, 0.5) is 0 Å². The van der Waals surface area contributed by atoms with Gasteiger partial charge in [-0.2, -0.15) is 0 Å². The highest BCUT2D eigenvalue weighted by Crippen LogP contribution is 2.12. The minimum Gasteiger partial charge on any atom is -0.506 e. The van der Waals surface area contributed by atoms with E-state index in [1.165, 1.54) is 10.7 Å². The average Bonchev–Trinajstić information content (AvgIpc) is 2.39. The van der Waals surface area contributed by atoms with Crippen LogP contribution in [0, 0.1) is 0 Å². The van der Waals surface area contributed by atoms with Gasteiger partial charge in [0.2, 0.25) is 0 Å². The first kappa shape index (κ1) is 5.22. The summed E-state index contributed by atoms with van der Waals surface area (Å²) in [5, 5.41) is 17.1. The maximum absolute atomic E-state index is 9.14. The second kappa shape index (κ2) is 1.47. The second-order valence-electron chi connectivity index (χ2n) is 2.05. The van der Waals surface area contributed by atoms with Crippen molar-refractivity contribution in [1.82, 2.24) is 14.8 Å². The number of hydrogen-bond donors (Lipinski definition) is 1. The summed E-state index contributed by atoms with van der Waals surface area (Å²) in [7, 11) is 0. The maximum Gasteiger partial charge on any atom is 0.145 e. The minimum atomic E-state index is 0.176. The third-order valence-electron chi connectivity index (χ3n) is 1.39. The van der Waals surface area contributed by atoms with Gasteiger partial charge in [0.25, 0.3) is 0 Å². The van der Waals surface area contributed by atoms with E-state index >= 15 is 0 Å². The van der Waals surface area contributed by atoms with Crippen molar-refractivity contribution in [2.45, 2.75) is 0 Å². The van der Waals surface area contributed by atoms with E-state index in [0.29, 0.717) is 10.9 Å². The first-order chi connectivity index (χ1) is 4.79. The lowest BCUT2D eigenvalue weighted by molar-refractivity contribution is 0.482. The Kier molecular flexibility index (Phi) is 0.768. The Morgan fingerprint density at radius 1 is 1.60 bits per heavy atom. The van der Waals surface area contributed by atoms with Crippen molar-refractivity contribution in [2.24, 2.45) is 0 Å². The molecule has 0 bridgehead atoms. The Bertz CT molecular complexity index is 406. The Labute approximate surface area is 56.4 Å². The third kappa shape index (κ3) is 0.452. The monoisotopic (exact) mass is 135 g/mol. The van der Waals surface area contributed by atoms with Gasteiger partial charge in [0.1, 0.15) is 11.3 Å². The summed E-state index contributed by atoms with van der Waals surface area (Å²) in [6.07, 6.45) is 1.49. The molecule has 0 saturated heterocycles. The molecule has 0 aliphatic rings. The molecule has 10 heavy (non-hydrogen) atoms. The number of aromatic hydroxyl groups is 1. The van der Waals surface area contributed by atoms with Gasteiger partial charge in [-0.3, -0.25) is 0 Å². The molecule has 2 heterocycles. The lowest BCUT2D eigenvalue weighted by atomic mass is 10.5. The van der Waals surface area contributed by atoms with Crippen LogP contribution in [0.25, 0.3) is 12.1 Å². The van der Waals surface area contributed by atoms with Gasteiger partial charge >= 0.3 is 0 Å². The van der Waals surface area contributed by atoms with Crippen molar-refractivity contribution in [3.05, 3.63) is 17.6 Å². The molecule has 1 N–H and O–H groups in total. The SMILES string of the molecule is C=c1cc(O)c2cnnn12. The molecule has 0 aliphatic carbocycles. The van der Waals surface area contributed by atoms with Crippen LogP contribution in [-0.2, 0) is 0 Å². The van der Waals surface area contributed by atoms with Crippen LogP contribution in [0.1, 0.15) is 0 Å². The quantitative estimate of drug-likeness (QED) is 0.533. The summed E-state index contributed by atoms with van der Waals surface area (Å²) < 4.78 is 1.48. The Morgan fingerprint density at radius 3 is 3.10 bits per heavy atom. The van der Waals surface area contributed by atoms with Crippen LogP contribution in [0.15, 0.2) is 12.3 Å². The van der Waals surface area contributed by atoms with Crippen molar-refractivity contribution in [3.63, 3.8) is 0 Å². The van der Waals surface area contributed by atoms with Crippen LogP contribution < -0.4 is 5.35 Å². The van der Waals surface area contributed by atoms with E-state index in [1.807, 2.05) is 0 Å². The molecule has 50 valence electrons. The molecule has 2 rings (SSSR count). The average molecular weight is 135 g/mol. The van der Waals surface area contributed by atoms with Crippen molar-refractivity contribution in [3.8, 4) is 5.75 Å². The van der Waals surface area contributed by atoms with Crippen LogP contribution in [-0.4, -0.2) is 19.9 Å². The van der Waals surface area contributed by atoms with Crippen molar-refractivity contribution < 1.29 is 5.11 Å². The number of rotatable bonds is 0. The summed E-state index contributed by atoms with van der Waals surface area (Å²) >= 11 is 0. The zero-order chi connectivity index (χ0) is 7.14. The molecule has 2 aromatic heterocycles. The summed E-state index contributed by atoms with van der Waals surface area (Å²) in [5.74, 6) is 0.176. The zero-order valence-corrected chi connectivity index (χ0v) is 5.15. The molecule has 4 nitrogen and oxygen atoms in total. The first-order valence-corrected chi connectivity index (χ1v) is 2.80. The van der Waals surface area contributed by atoms with E-state index in [0.717, 1.165) is 0 Å². The molecule has 2 aromatic rings. The number of aromatic nitrogens is 3. The Hall–Kier alpha value is -1.58. The molecule has 0 radical (unpaired) electrons. The molecule has 0 fully saturated rings. The van der Waals surface area contributed by atoms with E-state index in [2.05, 4.69) is 16.9 Å². The molecule has 0 spiro atoms. The van der Waals surface area contributed by atoms with Gasteiger partial charge in [-0.05, 0) is 0 Å². The van der Waals surface area contributed by atoms with Gasteiger partial charge in [0, 0.05) is 6.07 Å². The van der Waals surface area contributed by atoms with Crippen molar-refractivity contribution >= 4 is 12.1 Å². The predicted octanol–water partition coefficient (Wildman–Crippen LogP) is -0.436. The largest absolute Gasteiger partial charge is 0.506 e. The van der Waals surface area contributed by atoms with Crippen molar-refractivity contribution in [1.29, 1.82) is 0 Å². The normalized spacial score (nSPS) is 10.8. The molecule has 4 heteroatoms. The highest BCUT2D eigenvalue weighted by molar-refractivity contribution is 5.58. The maximum atomic E-state index is 9.14. The molecule has 0 aromatic carbocycles. The topological polar surface area (TPSA) is 50.4 Å². The third-order valence-corrected chi connectivity index (χ3v) is 1.39. The number of hydrogen-bond acceptors (Lipinski definition) is 3. The van der Waals surface area contributed by atoms with Crippen molar-refractivity contribution in [2.75, 3.05) is 0 Å². The van der Waals surface area contributed by atoms with E-state index in [-0.39, 0.29) is 5.75 Å².